The first-order valence-electron chi connectivity index (χ1n) is 4.27. The first-order valence-corrected chi connectivity index (χ1v) is 5.25. The largest absolute Gasteiger partial charge is 0.371 e. The molecule has 0 saturated heterocycles. The summed E-state index contributed by atoms with van der Waals surface area (Å²) in [4.78, 5) is 1.30. The molecule has 4 heteroatoms. The monoisotopic (exact) mass is 197 g/mol. The molecule has 0 aliphatic rings. The van der Waals surface area contributed by atoms with Crippen LogP contribution in [0.15, 0.2) is 29.2 Å². The fourth-order valence-electron chi connectivity index (χ4n) is 0.989. The summed E-state index contributed by atoms with van der Waals surface area (Å²) in [5, 5.41) is 3.12. The molecule has 0 spiro atoms. The Labute approximate surface area is 83.1 Å². The standard InChI is InChI=1S/C9H15N3S/c1-2-13-9-5-3-8(4-6-9)11-7-12-10/h3-6,11-12H,2,7,10H2,1H3. The fourth-order valence-corrected chi connectivity index (χ4v) is 1.65. The highest BCUT2D eigenvalue weighted by Crippen LogP contribution is 2.19. The van der Waals surface area contributed by atoms with E-state index in [1.54, 1.807) is 0 Å². The van der Waals surface area contributed by atoms with Crippen LogP contribution in [0.3, 0.4) is 0 Å². The van der Waals surface area contributed by atoms with E-state index in [9.17, 15) is 0 Å². The maximum atomic E-state index is 5.14. The van der Waals surface area contributed by atoms with Crippen molar-refractivity contribution in [3.8, 4) is 0 Å². The summed E-state index contributed by atoms with van der Waals surface area (Å²) in [6.45, 7) is 2.73. The number of hydrogen-bond donors (Lipinski definition) is 3. The van der Waals surface area contributed by atoms with Crippen LogP contribution in [0.1, 0.15) is 6.92 Å². The van der Waals surface area contributed by atoms with Gasteiger partial charge in [0.2, 0.25) is 0 Å². The zero-order valence-corrected chi connectivity index (χ0v) is 8.53. The van der Waals surface area contributed by atoms with Gasteiger partial charge in [-0.15, -0.1) is 11.8 Å². The Bertz CT molecular complexity index is 235. The van der Waals surface area contributed by atoms with Crippen molar-refractivity contribution in [1.29, 1.82) is 0 Å². The predicted octanol–water partition coefficient (Wildman–Crippen LogP) is 1.63. The normalized spacial score (nSPS) is 10.0. The van der Waals surface area contributed by atoms with E-state index in [0.29, 0.717) is 6.67 Å². The maximum Gasteiger partial charge on any atom is 0.0780 e. The molecule has 0 aliphatic carbocycles. The van der Waals surface area contributed by atoms with Crippen LogP contribution in [0.5, 0.6) is 0 Å². The topological polar surface area (TPSA) is 50.1 Å². The van der Waals surface area contributed by atoms with Crippen LogP contribution in [0.25, 0.3) is 0 Å². The molecule has 1 aromatic rings. The summed E-state index contributed by atoms with van der Waals surface area (Å²) in [5.74, 6) is 6.25. The van der Waals surface area contributed by atoms with Crippen LogP contribution < -0.4 is 16.6 Å². The molecule has 0 fully saturated rings. The number of hydrogen-bond acceptors (Lipinski definition) is 4. The van der Waals surface area contributed by atoms with Gasteiger partial charge in [0, 0.05) is 10.6 Å². The number of hydrazine groups is 1. The Balaban J connectivity index is 2.48. The highest BCUT2D eigenvalue weighted by molar-refractivity contribution is 7.99. The zero-order chi connectivity index (χ0) is 9.52. The highest BCUT2D eigenvalue weighted by atomic mass is 32.2. The quantitative estimate of drug-likeness (QED) is 0.291. The Morgan fingerprint density at radius 1 is 1.31 bits per heavy atom. The van der Waals surface area contributed by atoms with Gasteiger partial charge >= 0.3 is 0 Å². The number of rotatable bonds is 5. The third-order valence-corrected chi connectivity index (χ3v) is 2.45. The fraction of sp³-hybridized carbons (Fsp3) is 0.333. The molecular weight excluding hydrogens is 182 g/mol. The van der Waals surface area contributed by atoms with Crippen LogP contribution in [-0.4, -0.2) is 12.4 Å². The van der Waals surface area contributed by atoms with Gasteiger partial charge in [0.25, 0.3) is 0 Å². The van der Waals surface area contributed by atoms with Gasteiger partial charge in [0.15, 0.2) is 0 Å². The Morgan fingerprint density at radius 2 is 2.00 bits per heavy atom. The average Bonchev–Trinajstić information content (AvgIpc) is 2.17. The van der Waals surface area contributed by atoms with Gasteiger partial charge in [-0.1, -0.05) is 6.92 Å². The Morgan fingerprint density at radius 3 is 2.54 bits per heavy atom. The van der Waals surface area contributed by atoms with Gasteiger partial charge < -0.3 is 5.32 Å². The first-order chi connectivity index (χ1) is 6.36. The second-order valence-electron chi connectivity index (χ2n) is 2.52. The van der Waals surface area contributed by atoms with Crippen molar-refractivity contribution in [1.82, 2.24) is 5.43 Å². The van der Waals surface area contributed by atoms with Gasteiger partial charge in [-0.3, -0.25) is 5.84 Å². The lowest BCUT2D eigenvalue weighted by Crippen LogP contribution is -2.28. The molecule has 1 rings (SSSR count). The second-order valence-corrected chi connectivity index (χ2v) is 3.85. The Hall–Kier alpha value is -0.710. The van der Waals surface area contributed by atoms with E-state index in [4.69, 9.17) is 5.84 Å². The summed E-state index contributed by atoms with van der Waals surface area (Å²) < 4.78 is 0. The van der Waals surface area contributed by atoms with E-state index in [2.05, 4.69) is 41.9 Å². The molecule has 1 aromatic carbocycles. The van der Waals surface area contributed by atoms with Crippen LogP contribution in [-0.2, 0) is 0 Å². The van der Waals surface area contributed by atoms with Crippen molar-refractivity contribution in [3.63, 3.8) is 0 Å². The number of nitrogens with one attached hydrogen (secondary N) is 2. The van der Waals surface area contributed by atoms with Gasteiger partial charge in [-0.2, -0.15) is 0 Å². The van der Waals surface area contributed by atoms with E-state index < -0.39 is 0 Å². The molecule has 13 heavy (non-hydrogen) atoms. The first kappa shape index (κ1) is 10.4. The van der Waals surface area contributed by atoms with Gasteiger partial charge in [0.05, 0.1) is 6.67 Å². The molecule has 72 valence electrons. The van der Waals surface area contributed by atoms with Crippen LogP contribution in [0.4, 0.5) is 5.69 Å². The number of nitrogens with two attached hydrogens (primary N) is 1. The second kappa shape index (κ2) is 5.85. The smallest absolute Gasteiger partial charge is 0.0780 e. The molecule has 0 atom stereocenters. The number of thioether (sulfide) groups is 1. The molecule has 0 aliphatic heterocycles. The van der Waals surface area contributed by atoms with Crippen molar-refractivity contribution < 1.29 is 0 Å². The van der Waals surface area contributed by atoms with E-state index in [-0.39, 0.29) is 0 Å². The minimum absolute atomic E-state index is 0.584. The summed E-state index contributed by atoms with van der Waals surface area (Å²) in [6.07, 6.45) is 0. The zero-order valence-electron chi connectivity index (χ0n) is 7.71. The van der Waals surface area contributed by atoms with E-state index in [1.807, 2.05) is 11.8 Å². The van der Waals surface area contributed by atoms with Crippen LogP contribution in [0.2, 0.25) is 0 Å². The third-order valence-electron chi connectivity index (χ3n) is 1.56. The molecule has 0 heterocycles. The molecule has 0 aromatic heterocycles. The van der Waals surface area contributed by atoms with Crippen molar-refractivity contribution in [2.75, 3.05) is 17.7 Å². The Kier molecular flexibility index (Phi) is 4.67. The summed E-state index contributed by atoms with van der Waals surface area (Å²) in [5.41, 5.74) is 3.62. The lowest BCUT2D eigenvalue weighted by atomic mass is 10.3. The van der Waals surface area contributed by atoms with Gasteiger partial charge in [-0.25, -0.2) is 5.43 Å². The molecule has 3 nitrogen and oxygen atoms in total. The van der Waals surface area contributed by atoms with E-state index in [1.165, 1.54) is 4.90 Å². The SMILES string of the molecule is CCSc1ccc(NCNN)cc1. The van der Waals surface area contributed by atoms with Gasteiger partial charge in [-0.05, 0) is 30.0 Å². The van der Waals surface area contributed by atoms with Crippen molar-refractivity contribution in [2.24, 2.45) is 5.84 Å². The summed E-state index contributed by atoms with van der Waals surface area (Å²) in [6, 6.07) is 8.31. The van der Waals surface area contributed by atoms with E-state index in [0.717, 1.165) is 11.4 Å². The third kappa shape index (κ3) is 3.67. The minimum Gasteiger partial charge on any atom is -0.371 e. The van der Waals surface area contributed by atoms with E-state index >= 15 is 0 Å². The highest BCUT2D eigenvalue weighted by Gasteiger charge is 1.92. The summed E-state index contributed by atoms with van der Waals surface area (Å²) >= 11 is 1.84. The lowest BCUT2D eigenvalue weighted by Gasteiger charge is -2.05. The predicted molar refractivity (Wildman–Crippen MR) is 58.7 cm³/mol. The van der Waals surface area contributed by atoms with Crippen molar-refractivity contribution in [2.45, 2.75) is 11.8 Å². The molecule has 0 unspecified atom stereocenters. The van der Waals surface area contributed by atoms with Crippen LogP contribution in [0, 0.1) is 0 Å². The minimum atomic E-state index is 0.584. The van der Waals surface area contributed by atoms with Crippen molar-refractivity contribution >= 4 is 17.4 Å². The van der Waals surface area contributed by atoms with Gasteiger partial charge in [0.1, 0.15) is 0 Å². The van der Waals surface area contributed by atoms with Crippen molar-refractivity contribution in [3.05, 3.63) is 24.3 Å². The average molecular weight is 197 g/mol. The number of benzene rings is 1. The molecule has 0 radical (unpaired) electrons. The molecule has 0 saturated carbocycles. The molecular formula is C9H15N3S. The maximum absolute atomic E-state index is 5.14. The molecule has 4 N–H and O–H groups in total. The summed E-state index contributed by atoms with van der Waals surface area (Å²) in [7, 11) is 0. The lowest BCUT2D eigenvalue weighted by molar-refractivity contribution is 0.790. The number of anilines is 1. The van der Waals surface area contributed by atoms with Crippen LogP contribution >= 0.6 is 11.8 Å². The molecule has 0 amide bonds. The molecule has 0 bridgehead atoms.